The highest BCUT2D eigenvalue weighted by Gasteiger charge is 2.30. The summed E-state index contributed by atoms with van der Waals surface area (Å²) in [7, 11) is 4.06. The van der Waals surface area contributed by atoms with Crippen molar-refractivity contribution in [1.82, 2.24) is 9.80 Å². The van der Waals surface area contributed by atoms with Gasteiger partial charge in [0, 0.05) is 25.7 Å². The topological polar surface area (TPSA) is 62.2 Å². The van der Waals surface area contributed by atoms with Crippen LogP contribution in [0.15, 0.2) is 0 Å². The molecule has 6 nitrogen and oxygen atoms in total. The van der Waals surface area contributed by atoms with Crippen LogP contribution in [0.25, 0.3) is 0 Å². The molecule has 2 atom stereocenters. The molecular formula is C13H26N2O4. The molecule has 0 aromatic carbocycles. The smallest absolute Gasteiger partial charge is 0.332 e. The number of aliphatic hydroxyl groups is 1. The maximum atomic E-state index is 11.1. The van der Waals surface area contributed by atoms with Crippen LogP contribution in [0.4, 0.5) is 0 Å². The summed E-state index contributed by atoms with van der Waals surface area (Å²) in [5, 5.41) is 9.72. The average Bonchev–Trinajstić information content (AvgIpc) is 2.64. The molecule has 1 aliphatic rings. The van der Waals surface area contributed by atoms with Gasteiger partial charge in [0.05, 0.1) is 19.3 Å². The Hall–Kier alpha value is -0.690. The summed E-state index contributed by atoms with van der Waals surface area (Å²) in [4.78, 5) is 15.4. The molecule has 6 heteroatoms. The van der Waals surface area contributed by atoms with Gasteiger partial charge < -0.3 is 19.5 Å². The molecule has 19 heavy (non-hydrogen) atoms. The summed E-state index contributed by atoms with van der Waals surface area (Å²) < 4.78 is 10.1. The van der Waals surface area contributed by atoms with E-state index < -0.39 is 0 Å². The van der Waals surface area contributed by atoms with Crippen LogP contribution in [0.5, 0.6) is 0 Å². The zero-order valence-corrected chi connectivity index (χ0v) is 12.2. The summed E-state index contributed by atoms with van der Waals surface area (Å²) in [6.45, 7) is 4.98. The Kier molecular flexibility index (Phi) is 7.30. The monoisotopic (exact) mass is 274 g/mol. The van der Waals surface area contributed by atoms with Crippen molar-refractivity contribution < 1.29 is 19.4 Å². The number of nitrogens with zero attached hydrogens (tertiary/aromatic N) is 2. The number of β-amino-alcohol motifs (C(OH)–C–C–N with tert-alkyl or cyclic N) is 1. The molecule has 0 amide bonds. The average molecular weight is 274 g/mol. The van der Waals surface area contributed by atoms with Gasteiger partial charge in [-0.25, -0.2) is 4.79 Å². The van der Waals surface area contributed by atoms with Gasteiger partial charge in [0.15, 0.2) is 0 Å². The van der Waals surface area contributed by atoms with Gasteiger partial charge in [0.1, 0.15) is 6.61 Å². The fourth-order valence-electron chi connectivity index (χ4n) is 2.38. The number of carbonyl (C=O) groups is 1. The molecule has 1 fully saturated rings. The highest BCUT2D eigenvalue weighted by atomic mass is 16.6. The highest BCUT2D eigenvalue weighted by molar-refractivity contribution is 5.70. The van der Waals surface area contributed by atoms with Crippen molar-refractivity contribution in [3.63, 3.8) is 0 Å². The maximum absolute atomic E-state index is 11.1. The second-order valence-corrected chi connectivity index (χ2v) is 5.16. The minimum Gasteiger partial charge on any atom is -0.464 e. The molecular weight excluding hydrogens is 248 g/mol. The lowest BCUT2D eigenvalue weighted by molar-refractivity contribution is -0.148. The van der Waals surface area contributed by atoms with Crippen molar-refractivity contribution in [2.75, 3.05) is 53.6 Å². The van der Waals surface area contributed by atoms with Gasteiger partial charge in [0.2, 0.25) is 0 Å². The zero-order valence-electron chi connectivity index (χ0n) is 12.2. The zero-order chi connectivity index (χ0) is 14.3. The second-order valence-electron chi connectivity index (χ2n) is 5.16. The van der Waals surface area contributed by atoms with E-state index in [-0.39, 0.29) is 18.7 Å². The van der Waals surface area contributed by atoms with E-state index in [4.69, 9.17) is 9.47 Å². The third-order valence-corrected chi connectivity index (χ3v) is 3.13. The molecule has 1 heterocycles. The Labute approximate surface area is 115 Å². The molecule has 0 bridgehead atoms. The summed E-state index contributed by atoms with van der Waals surface area (Å²) in [5.41, 5.74) is 0. The number of hydrogen-bond acceptors (Lipinski definition) is 6. The molecule has 112 valence electrons. The quantitative estimate of drug-likeness (QED) is 0.478. The van der Waals surface area contributed by atoms with Crippen LogP contribution >= 0.6 is 0 Å². The van der Waals surface area contributed by atoms with Gasteiger partial charge in [-0.05, 0) is 27.4 Å². The number of likely N-dealkylation sites (N-methyl/N-ethyl adjacent to an activating group) is 1. The van der Waals surface area contributed by atoms with E-state index in [1.807, 2.05) is 14.1 Å². The van der Waals surface area contributed by atoms with Crippen LogP contribution in [0, 0.1) is 0 Å². The summed E-state index contributed by atoms with van der Waals surface area (Å²) in [5.74, 6) is -0.325. The van der Waals surface area contributed by atoms with E-state index in [9.17, 15) is 9.90 Å². The molecule has 1 saturated heterocycles. The van der Waals surface area contributed by atoms with Gasteiger partial charge in [0.25, 0.3) is 0 Å². The van der Waals surface area contributed by atoms with Gasteiger partial charge in [-0.3, -0.25) is 4.90 Å². The number of hydrogen-bond donors (Lipinski definition) is 1. The normalized spacial score (nSPS) is 24.1. The number of aliphatic hydroxyl groups excluding tert-OH is 1. The molecule has 0 spiro atoms. The number of likely N-dealkylation sites (tertiary alicyclic amines) is 1. The Balaban J connectivity index is 2.21. The first kappa shape index (κ1) is 16.4. The molecule has 1 aliphatic heterocycles. The van der Waals surface area contributed by atoms with Crippen molar-refractivity contribution in [2.24, 2.45) is 0 Å². The van der Waals surface area contributed by atoms with Crippen molar-refractivity contribution in [3.8, 4) is 0 Å². The first-order chi connectivity index (χ1) is 9.02. The number of rotatable bonds is 8. The van der Waals surface area contributed by atoms with E-state index in [1.54, 1.807) is 6.92 Å². The highest BCUT2D eigenvalue weighted by Crippen LogP contribution is 2.17. The van der Waals surface area contributed by atoms with E-state index in [1.165, 1.54) is 0 Å². The van der Waals surface area contributed by atoms with Gasteiger partial charge in [-0.1, -0.05) is 0 Å². The molecule has 0 saturated carbocycles. The molecule has 0 aromatic rings. The van der Waals surface area contributed by atoms with Crippen molar-refractivity contribution in [3.05, 3.63) is 0 Å². The number of ether oxygens (including phenoxy) is 2. The maximum Gasteiger partial charge on any atom is 0.332 e. The van der Waals surface area contributed by atoms with Crippen LogP contribution in [0.2, 0.25) is 0 Å². The van der Waals surface area contributed by atoms with Crippen LogP contribution in [-0.4, -0.2) is 86.6 Å². The Morgan fingerprint density at radius 2 is 2.21 bits per heavy atom. The SMILES string of the molecule is CCOC(=O)COCCN1CC(O)CC1CN(C)C. The van der Waals surface area contributed by atoms with Gasteiger partial charge in [-0.15, -0.1) is 0 Å². The van der Waals surface area contributed by atoms with E-state index in [0.29, 0.717) is 25.8 Å². The lowest BCUT2D eigenvalue weighted by atomic mass is 10.2. The molecule has 0 aliphatic carbocycles. The molecule has 2 unspecified atom stereocenters. The van der Waals surface area contributed by atoms with Crippen LogP contribution in [-0.2, 0) is 14.3 Å². The van der Waals surface area contributed by atoms with Crippen molar-refractivity contribution in [1.29, 1.82) is 0 Å². The fraction of sp³-hybridized carbons (Fsp3) is 0.923. The predicted molar refractivity (Wildman–Crippen MR) is 72.0 cm³/mol. The van der Waals surface area contributed by atoms with Crippen molar-refractivity contribution >= 4 is 5.97 Å². The van der Waals surface area contributed by atoms with Gasteiger partial charge >= 0.3 is 5.97 Å². The third kappa shape index (κ3) is 6.33. The largest absolute Gasteiger partial charge is 0.464 e. The molecule has 1 rings (SSSR count). The Bertz CT molecular complexity index is 273. The molecule has 0 aromatic heterocycles. The second kappa shape index (κ2) is 8.47. The van der Waals surface area contributed by atoms with Gasteiger partial charge in [-0.2, -0.15) is 0 Å². The van der Waals surface area contributed by atoms with Crippen molar-refractivity contribution in [2.45, 2.75) is 25.5 Å². The summed E-state index contributed by atoms with van der Waals surface area (Å²) >= 11 is 0. The minimum atomic E-state index is -0.325. The predicted octanol–water partition coefficient (Wildman–Crippen LogP) is -0.437. The first-order valence-corrected chi connectivity index (χ1v) is 6.83. The first-order valence-electron chi connectivity index (χ1n) is 6.83. The molecule has 1 N–H and O–H groups in total. The van der Waals surface area contributed by atoms with Crippen LogP contribution in [0.3, 0.4) is 0 Å². The van der Waals surface area contributed by atoms with E-state index in [0.717, 1.165) is 19.5 Å². The number of esters is 1. The third-order valence-electron chi connectivity index (χ3n) is 3.13. The van der Waals surface area contributed by atoms with E-state index >= 15 is 0 Å². The lowest BCUT2D eigenvalue weighted by Gasteiger charge is -2.26. The standard InChI is InChI=1S/C13H26N2O4/c1-4-19-13(17)10-18-6-5-15-9-12(16)7-11(15)8-14(2)3/h11-12,16H,4-10H2,1-3H3. The van der Waals surface area contributed by atoms with Crippen LogP contribution < -0.4 is 0 Å². The summed E-state index contributed by atoms with van der Waals surface area (Å²) in [6, 6.07) is 0.358. The Morgan fingerprint density at radius 1 is 1.47 bits per heavy atom. The van der Waals surface area contributed by atoms with Crippen LogP contribution in [0.1, 0.15) is 13.3 Å². The lowest BCUT2D eigenvalue weighted by Crippen LogP contribution is -2.39. The summed E-state index contributed by atoms with van der Waals surface area (Å²) in [6.07, 6.45) is 0.547. The fourth-order valence-corrected chi connectivity index (χ4v) is 2.38. The molecule has 0 radical (unpaired) electrons. The number of carbonyl (C=O) groups excluding carboxylic acids is 1. The minimum absolute atomic E-state index is 0.00256. The van der Waals surface area contributed by atoms with E-state index in [2.05, 4.69) is 9.80 Å². The Morgan fingerprint density at radius 3 is 2.84 bits per heavy atom.